The maximum atomic E-state index is 13.2. The van der Waals surface area contributed by atoms with Gasteiger partial charge >= 0.3 is 0 Å². The predicted octanol–water partition coefficient (Wildman–Crippen LogP) is 5.67. The van der Waals surface area contributed by atoms with Crippen LogP contribution in [0.25, 0.3) is 10.9 Å². The van der Waals surface area contributed by atoms with Gasteiger partial charge < -0.3 is 9.73 Å². The number of furan rings is 1. The van der Waals surface area contributed by atoms with Crippen molar-refractivity contribution in [2.24, 2.45) is 0 Å². The Kier molecular flexibility index (Phi) is 6.99. The van der Waals surface area contributed by atoms with Crippen molar-refractivity contribution in [3.8, 4) is 0 Å². The first-order chi connectivity index (χ1) is 16.0. The van der Waals surface area contributed by atoms with Crippen LogP contribution in [0.5, 0.6) is 0 Å². The smallest absolute Gasteiger partial charge is 0.262 e. The summed E-state index contributed by atoms with van der Waals surface area (Å²) >= 11 is 1.27. The lowest BCUT2D eigenvalue weighted by Crippen LogP contribution is -2.27. The van der Waals surface area contributed by atoms with Crippen molar-refractivity contribution in [2.75, 3.05) is 5.32 Å². The number of para-hydroxylation sites is 2. The first kappa shape index (κ1) is 22.9. The van der Waals surface area contributed by atoms with E-state index in [4.69, 9.17) is 9.40 Å². The van der Waals surface area contributed by atoms with E-state index in [-0.39, 0.29) is 18.0 Å². The molecule has 4 rings (SSSR count). The molecular formula is C26H27N3O3S. The summed E-state index contributed by atoms with van der Waals surface area (Å²) in [5.74, 6) is 0.850. The maximum absolute atomic E-state index is 13.2. The zero-order valence-corrected chi connectivity index (χ0v) is 19.8. The largest absolute Gasteiger partial charge is 0.467 e. The highest BCUT2D eigenvalue weighted by Gasteiger charge is 2.21. The molecular weight excluding hydrogens is 434 g/mol. The van der Waals surface area contributed by atoms with E-state index in [9.17, 15) is 9.59 Å². The molecule has 2 unspecified atom stereocenters. The number of carbonyl (C=O) groups is 1. The fourth-order valence-electron chi connectivity index (χ4n) is 3.64. The van der Waals surface area contributed by atoms with E-state index in [1.165, 1.54) is 11.8 Å². The Hall–Kier alpha value is -3.32. The minimum Gasteiger partial charge on any atom is -0.467 e. The van der Waals surface area contributed by atoms with Crippen molar-refractivity contribution in [2.45, 2.75) is 50.1 Å². The molecule has 2 heterocycles. The Morgan fingerprint density at radius 3 is 2.61 bits per heavy atom. The molecule has 7 heteroatoms. The number of carbonyl (C=O) groups excluding carboxylic acids is 1. The Labute approximate surface area is 197 Å². The molecule has 0 aliphatic heterocycles. The van der Waals surface area contributed by atoms with Gasteiger partial charge in [-0.1, -0.05) is 55.9 Å². The van der Waals surface area contributed by atoms with Gasteiger partial charge in [0.25, 0.3) is 5.56 Å². The Morgan fingerprint density at radius 2 is 1.85 bits per heavy atom. The fourth-order valence-corrected chi connectivity index (χ4v) is 4.55. The second-order valence-corrected chi connectivity index (χ2v) is 9.34. The molecule has 0 fully saturated rings. The number of thioether (sulfide) groups is 1. The van der Waals surface area contributed by atoms with Crippen molar-refractivity contribution < 1.29 is 9.21 Å². The maximum Gasteiger partial charge on any atom is 0.262 e. The van der Waals surface area contributed by atoms with Crippen LogP contribution in [0.2, 0.25) is 0 Å². The lowest BCUT2D eigenvalue weighted by Gasteiger charge is -2.18. The number of rotatable bonds is 8. The molecule has 0 saturated heterocycles. The molecule has 0 aliphatic rings. The average molecular weight is 462 g/mol. The molecule has 2 aromatic heterocycles. The molecule has 0 spiro atoms. The quantitative estimate of drug-likeness (QED) is 0.270. The van der Waals surface area contributed by atoms with Crippen LogP contribution in [0, 0.1) is 0 Å². The summed E-state index contributed by atoms with van der Waals surface area (Å²) in [5, 5.41) is 3.62. The summed E-state index contributed by atoms with van der Waals surface area (Å²) in [6, 6.07) is 18.7. The van der Waals surface area contributed by atoms with Gasteiger partial charge in [-0.25, -0.2) is 4.98 Å². The third-order valence-electron chi connectivity index (χ3n) is 5.73. The van der Waals surface area contributed by atoms with E-state index in [1.54, 1.807) is 23.0 Å². The van der Waals surface area contributed by atoms with Gasteiger partial charge in [0.15, 0.2) is 5.16 Å². The van der Waals surface area contributed by atoms with Crippen molar-refractivity contribution in [1.29, 1.82) is 0 Å². The van der Waals surface area contributed by atoms with E-state index in [1.807, 2.05) is 55.5 Å². The Balaban J connectivity index is 1.63. The van der Waals surface area contributed by atoms with E-state index in [2.05, 4.69) is 19.2 Å². The molecule has 170 valence electrons. The normalized spacial score (nSPS) is 13.1. The monoisotopic (exact) mass is 461 g/mol. The van der Waals surface area contributed by atoms with Crippen molar-refractivity contribution in [3.05, 3.63) is 88.6 Å². The predicted molar refractivity (Wildman–Crippen MR) is 133 cm³/mol. The van der Waals surface area contributed by atoms with Crippen LogP contribution < -0.4 is 10.9 Å². The summed E-state index contributed by atoms with van der Waals surface area (Å²) in [7, 11) is 0. The number of hydrogen-bond donors (Lipinski definition) is 1. The summed E-state index contributed by atoms with van der Waals surface area (Å²) in [6.07, 6.45) is 2.56. The SMILES string of the molecule is CCC(C)c1ccccc1NC(=O)C(C)Sc1nc2ccccc2c(=O)n1Cc1ccco1. The van der Waals surface area contributed by atoms with E-state index in [0.29, 0.717) is 27.7 Å². The fraction of sp³-hybridized carbons (Fsp3) is 0.269. The van der Waals surface area contributed by atoms with Crippen LogP contribution in [0.4, 0.5) is 5.69 Å². The zero-order chi connectivity index (χ0) is 23.4. The molecule has 33 heavy (non-hydrogen) atoms. The summed E-state index contributed by atoms with van der Waals surface area (Å²) in [5.41, 5.74) is 2.39. The highest BCUT2D eigenvalue weighted by atomic mass is 32.2. The summed E-state index contributed by atoms with van der Waals surface area (Å²) in [6.45, 7) is 6.35. The number of amides is 1. The highest BCUT2D eigenvalue weighted by molar-refractivity contribution is 8.00. The van der Waals surface area contributed by atoms with Gasteiger partial charge in [-0.15, -0.1) is 0 Å². The highest BCUT2D eigenvalue weighted by Crippen LogP contribution is 2.28. The van der Waals surface area contributed by atoms with E-state index in [0.717, 1.165) is 17.7 Å². The standard InChI is InChI=1S/C26H27N3O3S/c1-4-17(2)20-11-5-7-13-22(20)27-24(30)18(3)33-26-28-23-14-8-6-12-21(23)25(31)29(26)16-19-10-9-15-32-19/h5-15,17-18H,4,16H2,1-3H3,(H,27,30). The first-order valence-corrected chi connectivity index (χ1v) is 11.9. The van der Waals surface area contributed by atoms with Gasteiger partial charge in [0.05, 0.1) is 29.0 Å². The number of fused-ring (bicyclic) bond motifs is 1. The molecule has 6 nitrogen and oxygen atoms in total. The van der Waals surface area contributed by atoms with Gasteiger partial charge in [-0.05, 0) is 55.2 Å². The van der Waals surface area contributed by atoms with Crippen LogP contribution >= 0.6 is 11.8 Å². The minimum absolute atomic E-state index is 0.136. The Morgan fingerprint density at radius 1 is 1.09 bits per heavy atom. The third-order valence-corrected chi connectivity index (χ3v) is 6.82. The minimum atomic E-state index is -0.467. The summed E-state index contributed by atoms with van der Waals surface area (Å²) in [4.78, 5) is 31.0. The van der Waals surface area contributed by atoms with Gasteiger partial charge in [0, 0.05) is 5.69 Å². The number of nitrogens with zero attached hydrogens (tertiary/aromatic N) is 2. The second-order valence-electron chi connectivity index (χ2n) is 8.03. The number of aromatic nitrogens is 2. The number of hydrogen-bond acceptors (Lipinski definition) is 5. The van der Waals surface area contributed by atoms with Gasteiger partial charge in [-0.3, -0.25) is 14.2 Å². The molecule has 2 atom stereocenters. The van der Waals surface area contributed by atoms with Crippen LogP contribution in [0.3, 0.4) is 0 Å². The molecule has 0 aliphatic carbocycles. The lowest BCUT2D eigenvalue weighted by molar-refractivity contribution is -0.115. The van der Waals surface area contributed by atoms with Gasteiger partial charge in [0.2, 0.25) is 5.91 Å². The zero-order valence-electron chi connectivity index (χ0n) is 18.9. The Bertz CT molecular complexity index is 1310. The summed E-state index contributed by atoms with van der Waals surface area (Å²) < 4.78 is 7.03. The number of anilines is 1. The molecule has 0 bridgehead atoms. The molecule has 0 radical (unpaired) electrons. The average Bonchev–Trinajstić information content (AvgIpc) is 3.34. The molecule has 4 aromatic rings. The van der Waals surface area contributed by atoms with Crippen molar-refractivity contribution in [1.82, 2.24) is 9.55 Å². The lowest BCUT2D eigenvalue weighted by atomic mass is 9.97. The third kappa shape index (κ3) is 5.03. The van der Waals surface area contributed by atoms with Gasteiger partial charge in [0.1, 0.15) is 5.76 Å². The number of benzene rings is 2. The van der Waals surface area contributed by atoms with Crippen LogP contribution in [0.15, 0.2) is 81.3 Å². The van der Waals surface area contributed by atoms with Gasteiger partial charge in [-0.2, -0.15) is 0 Å². The molecule has 1 N–H and O–H groups in total. The number of nitrogens with one attached hydrogen (secondary N) is 1. The van der Waals surface area contributed by atoms with Crippen molar-refractivity contribution in [3.63, 3.8) is 0 Å². The molecule has 2 aromatic carbocycles. The van der Waals surface area contributed by atoms with E-state index >= 15 is 0 Å². The van der Waals surface area contributed by atoms with Crippen LogP contribution in [0.1, 0.15) is 44.4 Å². The van der Waals surface area contributed by atoms with Crippen LogP contribution in [-0.2, 0) is 11.3 Å². The molecule has 0 saturated carbocycles. The topological polar surface area (TPSA) is 77.1 Å². The van der Waals surface area contributed by atoms with E-state index < -0.39 is 5.25 Å². The molecule has 1 amide bonds. The first-order valence-electron chi connectivity index (χ1n) is 11.1. The second kappa shape index (κ2) is 10.1. The van der Waals surface area contributed by atoms with Crippen LogP contribution in [-0.4, -0.2) is 20.7 Å². The van der Waals surface area contributed by atoms with Crippen molar-refractivity contribution >= 4 is 34.3 Å².